The van der Waals surface area contributed by atoms with Crippen molar-refractivity contribution >= 4 is 28.7 Å². The molecule has 38 heavy (non-hydrogen) atoms. The van der Waals surface area contributed by atoms with Crippen molar-refractivity contribution in [3.8, 4) is 0 Å². The van der Waals surface area contributed by atoms with Gasteiger partial charge in [-0.15, -0.1) is 0 Å². The molecule has 8 heteroatoms. The number of aromatic amines is 1. The minimum Gasteiger partial charge on any atom is -0.478 e. The number of H-pyrrole nitrogens is 1. The van der Waals surface area contributed by atoms with Gasteiger partial charge in [0.2, 0.25) is 11.8 Å². The van der Waals surface area contributed by atoms with Crippen LogP contribution in [0.2, 0.25) is 0 Å². The number of benzene rings is 1. The van der Waals surface area contributed by atoms with E-state index in [9.17, 15) is 14.4 Å². The Bertz CT molecular complexity index is 1110. The second-order valence-electron chi connectivity index (χ2n) is 11.2. The van der Waals surface area contributed by atoms with Gasteiger partial charge in [0.05, 0.1) is 6.04 Å². The van der Waals surface area contributed by atoms with E-state index in [-0.39, 0.29) is 23.9 Å². The average Bonchev–Trinajstić information content (AvgIpc) is 3.30. The van der Waals surface area contributed by atoms with Crippen molar-refractivity contribution in [1.82, 2.24) is 20.5 Å². The summed E-state index contributed by atoms with van der Waals surface area (Å²) < 4.78 is 0. The minimum absolute atomic E-state index is 0.136. The number of nitrogens with zero attached hydrogens (tertiary/aromatic N) is 1. The zero-order valence-electron chi connectivity index (χ0n) is 24.9. The van der Waals surface area contributed by atoms with Crippen molar-refractivity contribution in [2.75, 3.05) is 20.6 Å². The van der Waals surface area contributed by atoms with Crippen LogP contribution in [0.25, 0.3) is 10.9 Å². The van der Waals surface area contributed by atoms with Crippen LogP contribution in [0, 0.1) is 5.41 Å². The summed E-state index contributed by atoms with van der Waals surface area (Å²) in [5, 5.41) is 16.4. The highest BCUT2D eigenvalue weighted by Gasteiger charge is 2.43. The summed E-state index contributed by atoms with van der Waals surface area (Å²) >= 11 is 0. The predicted octanol–water partition coefficient (Wildman–Crippen LogP) is 4.86. The first-order chi connectivity index (χ1) is 17.7. The summed E-state index contributed by atoms with van der Waals surface area (Å²) in [6, 6.07) is 6.62. The Balaban J connectivity index is 0.00000229. The van der Waals surface area contributed by atoms with Gasteiger partial charge >= 0.3 is 5.97 Å². The summed E-state index contributed by atoms with van der Waals surface area (Å²) in [4.78, 5) is 42.9. The Hall–Kier alpha value is -3.13. The smallest absolute Gasteiger partial charge is 0.331 e. The summed E-state index contributed by atoms with van der Waals surface area (Å²) in [6.07, 6.45) is 5.40. The molecule has 0 saturated heterocycles. The number of hydrogen-bond acceptors (Lipinski definition) is 4. The summed E-state index contributed by atoms with van der Waals surface area (Å²) in [5.74, 6) is -1.57. The monoisotopic (exact) mass is 528 g/mol. The third kappa shape index (κ3) is 7.93. The fourth-order valence-corrected chi connectivity index (χ4v) is 4.38. The molecule has 0 saturated carbocycles. The van der Waals surface area contributed by atoms with Crippen LogP contribution in [0.5, 0.6) is 0 Å². The molecule has 1 aromatic carbocycles. The third-order valence-corrected chi connectivity index (χ3v) is 6.91. The topological polar surface area (TPSA) is 115 Å². The molecule has 2 rings (SSSR count). The van der Waals surface area contributed by atoms with E-state index in [0.29, 0.717) is 6.42 Å². The molecule has 2 aromatic rings. The fraction of sp³-hybridized carbons (Fsp3) is 0.567. The number of para-hydroxylation sites is 1. The van der Waals surface area contributed by atoms with E-state index < -0.39 is 28.9 Å². The van der Waals surface area contributed by atoms with E-state index in [1.165, 1.54) is 24.3 Å². The van der Waals surface area contributed by atoms with E-state index in [0.717, 1.165) is 16.5 Å². The van der Waals surface area contributed by atoms with Crippen LogP contribution in [-0.2, 0) is 19.8 Å². The molecule has 0 radical (unpaired) electrons. The molecule has 0 aliphatic heterocycles. The first-order valence-corrected chi connectivity index (χ1v) is 13.4. The van der Waals surface area contributed by atoms with Gasteiger partial charge in [-0.05, 0) is 37.4 Å². The van der Waals surface area contributed by atoms with Crippen molar-refractivity contribution in [1.29, 1.82) is 0 Å². The van der Waals surface area contributed by atoms with Crippen LogP contribution in [0.1, 0.15) is 73.8 Å². The Kier molecular flexibility index (Phi) is 12.2. The molecule has 3 atom stereocenters. The van der Waals surface area contributed by atoms with Crippen LogP contribution in [0.4, 0.5) is 0 Å². The number of fused-ring (bicyclic) bond motifs is 1. The standard InChI is InChI=1S/C27H40N4O4.C3H8/c1-9-27(6,19-16-29-20-13-11-10-12-18(19)20)21(28-7)23(32)30-22(26(3,4)5)24(33)31(8)15-14-17(2)25(34)35;1-3-2/h10-14,16,21-22,28-29H,9,15H2,1-8H3,(H,30,32)(H,34,35);3H2,1-2H3/b17-14+;/t21?,22?,27-;/m1./s1. The van der Waals surface area contributed by atoms with E-state index in [2.05, 4.69) is 43.3 Å². The van der Waals surface area contributed by atoms with Crippen LogP contribution in [-0.4, -0.2) is 65.5 Å². The van der Waals surface area contributed by atoms with Crippen LogP contribution >= 0.6 is 0 Å². The zero-order chi connectivity index (χ0) is 29.3. The van der Waals surface area contributed by atoms with Crippen molar-refractivity contribution in [2.24, 2.45) is 5.41 Å². The molecule has 0 fully saturated rings. The SMILES string of the molecule is CCC.CC[C@](C)(c1c[nH]c2ccccc12)C(NC)C(=O)NC(C(=O)N(C)C/C=C(\C)C(=O)O)C(C)(C)C. The normalized spacial score (nSPS) is 15.1. The average molecular weight is 529 g/mol. The van der Waals surface area contributed by atoms with Gasteiger partial charge < -0.3 is 25.6 Å². The van der Waals surface area contributed by atoms with Crippen LogP contribution in [0.15, 0.2) is 42.1 Å². The number of rotatable bonds is 10. The molecule has 4 N–H and O–H groups in total. The summed E-state index contributed by atoms with van der Waals surface area (Å²) in [7, 11) is 3.36. The molecule has 8 nitrogen and oxygen atoms in total. The van der Waals surface area contributed by atoms with Gasteiger partial charge in [0.1, 0.15) is 6.04 Å². The van der Waals surface area contributed by atoms with Crippen molar-refractivity contribution in [3.63, 3.8) is 0 Å². The van der Waals surface area contributed by atoms with Crippen molar-refractivity contribution in [3.05, 3.63) is 47.7 Å². The lowest BCUT2D eigenvalue weighted by Gasteiger charge is -2.39. The lowest BCUT2D eigenvalue weighted by atomic mass is 9.73. The molecule has 0 bridgehead atoms. The van der Waals surface area contributed by atoms with Crippen molar-refractivity contribution in [2.45, 2.75) is 85.7 Å². The molecule has 1 heterocycles. The maximum absolute atomic E-state index is 13.7. The van der Waals surface area contributed by atoms with Gasteiger partial charge in [0, 0.05) is 41.7 Å². The van der Waals surface area contributed by atoms with Gasteiger partial charge in [-0.1, -0.05) is 79.2 Å². The molecule has 2 unspecified atom stereocenters. The number of carbonyl (C=O) groups is 3. The van der Waals surface area contributed by atoms with E-state index in [1.807, 2.05) is 51.2 Å². The van der Waals surface area contributed by atoms with Gasteiger partial charge in [-0.2, -0.15) is 0 Å². The number of aliphatic carboxylic acids is 1. The van der Waals surface area contributed by atoms with Gasteiger partial charge in [-0.3, -0.25) is 9.59 Å². The molecule has 0 spiro atoms. The molecule has 0 aliphatic rings. The van der Waals surface area contributed by atoms with Crippen LogP contribution < -0.4 is 10.6 Å². The molecule has 212 valence electrons. The second-order valence-corrected chi connectivity index (χ2v) is 11.2. The lowest BCUT2D eigenvalue weighted by Crippen LogP contribution is -2.61. The highest BCUT2D eigenvalue weighted by molar-refractivity contribution is 5.93. The number of aromatic nitrogens is 1. The Labute approximate surface area is 228 Å². The van der Waals surface area contributed by atoms with Gasteiger partial charge in [-0.25, -0.2) is 4.79 Å². The maximum atomic E-state index is 13.7. The molecule has 2 amide bonds. The largest absolute Gasteiger partial charge is 0.478 e. The summed E-state index contributed by atoms with van der Waals surface area (Å²) in [5.41, 5.74) is 1.10. The number of hydrogen-bond donors (Lipinski definition) is 4. The van der Waals surface area contributed by atoms with Crippen molar-refractivity contribution < 1.29 is 19.5 Å². The number of amides is 2. The van der Waals surface area contributed by atoms with E-state index >= 15 is 0 Å². The predicted molar refractivity (Wildman–Crippen MR) is 155 cm³/mol. The number of likely N-dealkylation sites (N-methyl/N-ethyl adjacent to an activating group) is 2. The Morgan fingerprint density at radius 3 is 2.16 bits per heavy atom. The van der Waals surface area contributed by atoms with E-state index in [1.54, 1.807) is 14.1 Å². The quantitative estimate of drug-likeness (QED) is 0.329. The van der Waals surface area contributed by atoms with Gasteiger partial charge in [0.15, 0.2) is 0 Å². The highest BCUT2D eigenvalue weighted by atomic mass is 16.4. The fourth-order valence-electron chi connectivity index (χ4n) is 4.38. The first-order valence-electron chi connectivity index (χ1n) is 13.4. The maximum Gasteiger partial charge on any atom is 0.331 e. The number of carboxylic acid groups (broad SMARTS) is 1. The zero-order valence-corrected chi connectivity index (χ0v) is 24.9. The Morgan fingerprint density at radius 1 is 1.08 bits per heavy atom. The van der Waals surface area contributed by atoms with Crippen LogP contribution in [0.3, 0.4) is 0 Å². The number of carboxylic acids is 1. The molecule has 0 aliphatic carbocycles. The summed E-state index contributed by atoms with van der Waals surface area (Å²) in [6.45, 7) is 15.7. The lowest BCUT2D eigenvalue weighted by molar-refractivity contribution is -0.139. The third-order valence-electron chi connectivity index (χ3n) is 6.91. The molecular formula is C30H48N4O4. The van der Waals surface area contributed by atoms with Gasteiger partial charge in [0.25, 0.3) is 0 Å². The minimum atomic E-state index is -1.03. The highest BCUT2D eigenvalue weighted by Crippen LogP contribution is 2.36. The Morgan fingerprint density at radius 2 is 1.66 bits per heavy atom. The molecule has 1 aromatic heterocycles. The number of nitrogens with one attached hydrogen (secondary N) is 3. The first kappa shape index (κ1) is 32.9. The molecular weight excluding hydrogens is 480 g/mol. The van der Waals surface area contributed by atoms with E-state index in [4.69, 9.17) is 5.11 Å². The number of carbonyl (C=O) groups excluding carboxylic acids is 2. The second kappa shape index (κ2) is 14.1.